The number of aromatic nitrogens is 3. The molecule has 31 heavy (non-hydrogen) atoms. The maximum Gasteiger partial charge on any atom is 0.192 e. The molecule has 3 heterocycles. The molecule has 2 aliphatic rings. The van der Waals surface area contributed by atoms with Crippen molar-refractivity contribution in [2.45, 2.75) is 44.9 Å². The molecule has 0 spiro atoms. The van der Waals surface area contributed by atoms with E-state index in [9.17, 15) is 8.78 Å². The zero-order valence-corrected chi connectivity index (χ0v) is 17.9. The van der Waals surface area contributed by atoms with Gasteiger partial charge in [0.2, 0.25) is 0 Å². The summed E-state index contributed by atoms with van der Waals surface area (Å²) in [6.07, 6.45) is 3.10. The summed E-state index contributed by atoms with van der Waals surface area (Å²) >= 11 is 0. The second kappa shape index (κ2) is 9.59. The van der Waals surface area contributed by atoms with E-state index in [1.165, 1.54) is 12.1 Å². The van der Waals surface area contributed by atoms with Gasteiger partial charge in [0.1, 0.15) is 24.0 Å². The Kier molecular flexibility index (Phi) is 6.64. The minimum atomic E-state index is -0.568. The predicted molar refractivity (Wildman–Crippen MR) is 114 cm³/mol. The zero-order valence-electron chi connectivity index (χ0n) is 17.9. The number of aliphatic imine (C=N–C) groups is 1. The Hall–Kier alpha value is -2.75. The Morgan fingerprint density at radius 1 is 1.29 bits per heavy atom. The first-order chi connectivity index (χ1) is 15.0. The summed E-state index contributed by atoms with van der Waals surface area (Å²) < 4.78 is 35.0. The fourth-order valence-corrected chi connectivity index (χ4v) is 3.93. The molecule has 2 aliphatic heterocycles. The molecular weight excluding hydrogens is 404 g/mol. The van der Waals surface area contributed by atoms with Crippen molar-refractivity contribution in [3.8, 4) is 0 Å². The van der Waals surface area contributed by atoms with Gasteiger partial charge in [-0.05, 0) is 38.3 Å². The van der Waals surface area contributed by atoms with Crippen molar-refractivity contribution in [2.75, 3.05) is 31.1 Å². The van der Waals surface area contributed by atoms with E-state index in [1.54, 1.807) is 0 Å². The van der Waals surface area contributed by atoms with E-state index in [1.807, 2.05) is 23.4 Å². The third kappa shape index (κ3) is 5.30. The minimum absolute atomic E-state index is 0.0847. The van der Waals surface area contributed by atoms with E-state index in [-0.39, 0.29) is 12.1 Å². The first kappa shape index (κ1) is 21.5. The lowest BCUT2D eigenvalue weighted by Gasteiger charge is -2.21. The number of hydrogen-bond acceptors (Lipinski definition) is 5. The summed E-state index contributed by atoms with van der Waals surface area (Å²) in [7, 11) is 1.92. The lowest BCUT2D eigenvalue weighted by molar-refractivity contribution is 0.113. The standard InChI is InChI=1S/C21H29F2N7O/c1-14-27-28-20(29(14)2)12-25-21(24-11-17-4-3-9-31-17)26-16-7-8-30(13-16)19-6-5-15(22)10-18(19)23/h5-6,10,16-17H,3-4,7-9,11-13H2,1-2H3,(H2,24,25,26). The maximum absolute atomic E-state index is 14.2. The van der Waals surface area contributed by atoms with Crippen LogP contribution < -0.4 is 15.5 Å². The molecule has 0 saturated carbocycles. The summed E-state index contributed by atoms with van der Waals surface area (Å²) in [6.45, 7) is 5.05. The van der Waals surface area contributed by atoms with Gasteiger partial charge in [-0.25, -0.2) is 13.8 Å². The van der Waals surface area contributed by atoms with Gasteiger partial charge in [-0.15, -0.1) is 10.2 Å². The smallest absolute Gasteiger partial charge is 0.192 e. The summed E-state index contributed by atoms with van der Waals surface area (Å²) in [6, 6.07) is 3.79. The highest BCUT2D eigenvalue weighted by Crippen LogP contribution is 2.24. The van der Waals surface area contributed by atoms with Gasteiger partial charge in [0.05, 0.1) is 11.8 Å². The van der Waals surface area contributed by atoms with Gasteiger partial charge in [0.15, 0.2) is 11.8 Å². The highest BCUT2D eigenvalue weighted by molar-refractivity contribution is 5.80. The molecule has 2 saturated heterocycles. The Labute approximate surface area is 180 Å². The molecule has 2 fully saturated rings. The first-order valence-corrected chi connectivity index (χ1v) is 10.7. The van der Waals surface area contributed by atoms with Crippen molar-refractivity contribution in [3.05, 3.63) is 41.5 Å². The SMILES string of the molecule is Cc1nnc(CN=C(NCC2CCCO2)NC2CCN(c3ccc(F)cc3F)C2)n1C. The molecule has 2 N–H and O–H groups in total. The summed E-state index contributed by atoms with van der Waals surface area (Å²) in [5.74, 6) is 1.17. The molecule has 4 rings (SSSR count). The molecule has 0 amide bonds. The Balaban J connectivity index is 1.41. The normalized spacial score (nSPS) is 21.7. The fraction of sp³-hybridized carbons (Fsp3) is 0.571. The second-order valence-electron chi connectivity index (χ2n) is 8.07. The number of anilines is 1. The predicted octanol–water partition coefficient (Wildman–Crippen LogP) is 1.89. The number of rotatable bonds is 6. The molecule has 1 aromatic carbocycles. The van der Waals surface area contributed by atoms with Crippen molar-refractivity contribution < 1.29 is 13.5 Å². The largest absolute Gasteiger partial charge is 0.376 e. The monoisotopic (exact) mass is 433 g/mol. The van der Waals surface area contributed by atoms with Crippen LogP contribution in [-0.4, -0.2) is 59.1 Å². The molecule has 0 radical (unpaired) electrons. The zero-order chi connectivity index (χ0) is 21.8. The van der Waals surface area contributed by atoms with Crippen LogP contribution in [0.15, 0.2) is 23.2 Å². The lowest BCUT2D eigenvalue weighted by Crippen LogP contribution is -2.46. The number of guanidine groups is 1. The van der Waals surface area contributed by atoms with Gasteiger partial charge >= 0.3 is 0 Å². The number of aryl methyl sites for hydroxylation is 1. The number of ether oxygens (including phenoxy) is 1. The van der Waals surface area contributed by atoms with Crippen LogP contribution in [0.3, 0.4) is 0 Å². The molecule has 10 heteroatoms. The summed E-state index contributed by atoms with van der Waals surface area (Å²) in [5, 5.41) is 15.1. The van der Waals surface area contributed by atoms with Crippen molar-refractivity contribution in [3.63, 3.8) is 0 Å². The summed E-state index contributed by atoms with van der Waals surface area (Å²) in [5.41, 5.74) is 0.422. The van der Waals surface area contributed by atoms with Crippen LogP contribution in [0.1, 0.15) is 30.9 Å². The third-order valence-corrected chi connectivity index (χ3v) is 5.86. The molecule has 1 aromatic heterocycles. The van der Waals surface area contributed by atoms with Gasteiger partial charge in [0.25, 0.3) is 0 Å². The third-order valence-electron chi connectivity index (χ3n) is 5.86. The lowest BCUT2D eigenvalue weighted by atomic mass is 10.2. The first-order valence-electron chi connectivity index (χ1n) is 10.7. The van der Waals surface area contributed by atoms with Crippen LogP contribution in [0, 0.1) is 18.6 Å². The quantitative estimate of drug-likeness (QED) is 0.535. The van der Waals surface area contributed by atoms with Gasteiger partial charge in [-0.1, -0.05) is 0 Å². The molecule has 8 nitrogen and oxygen atoms in total. The van der Waals surface area contributed by atoms with Crippen LogP contribution in [0.4, 0.5) is 14.5 Å². The van der Waals surface area contributed by atoms with Crippen LogP contribution in [0.5, 0.6) is 0 Å². The Morgan fingerprint density at radius 2 is 2.16 bits per heavy atom. The van der Waals surface area contributed by atoms with E-state index < -0.39 is 11.6 Å². The fourth-order valence-electron chi connectivity index (χ4n) is 3.93. The van der Waals surface area contributed by atoms with Crippen molar-refractivity contribution in [1.82, 2.24) is 25.4 Å². The highest BCUT2D eigenvalue weighted by atomic mass is 19.1. The van der Waals surface area contributed by atoms with Crippen molar-refractivity contribution >= 4 is 11.6 Å². The van der Waals surface area contributed by atoms with E-state index in [4.69, 9.17) is 9.73 Å². The molecule has 2 unspecified atom stereocenters. The van der Waals surface area contributed by atoms with Gasteiger partial charge < -0.3 is 24.8 Å². The maximum atomic E-state index is 14.2. The van der Waals surface area contributed by atoms with Crippen molar-refractivity contribution in [2.24, 2.45) is 12.0 Å². The molecule has 168 valence electrons. The number of nitrogens with zero attached hydrogens (tertiary/aromatic N) is 5. The molecule has 0 bridgehead atoms. The van der Waals surface area contributed by atoms with Crippen LogP contribution in [0.25, 0.3) is 0 Å². The Bertz CT molecular complexity index is 926. The summed E-state index contributed by atoms with van der Waals surface area (Å²) in [4.78, 5) is 6.62. The van der Waals surface area contributed by atoms with Gasteiger partial charge in [0, 0.05) is 45.4 Å². The van der Waals surface area contributed by atoms with Crippen molar-refractivity contribution in [1.29, 1.82) is 0 Å². The molecule has 2 atom stereocenters. The van der Waals surface area contributed by atoms with Crippen LogP contribution in [0.2, 0.25) is 0 Å². The molecule has 2 aromatic rings. The minimum Gasteiger partial charge on any atom is -0.376 e. The van der Waals surface area contributed by atoms with Gasteiger partial charge in [-0.2, -0.15) is 0 Å². The average molecular weight is 434 g/mol. The second-order valence-corrected chi connectivity index (χ2v) is 8.07. The number of halogens is 2. The number of nitrogens with one attached hydrogen (secondary N) is 2. The topological polar surface area (TPSA) is 79.6 Å². The van der Waals surface area contributed by atoms with E-state index >= 15 is 0 Å². The Morgan fingerprint density at radius 3 is 2.87 bits per heavy atom. The average Bonchev–Trinajstić information content (AvgIpc) is 3.48. The molecule has 0 aliphatic carbocycles. The van der Waals surface area contributed by atoms with Crippen LogP contribution >= 0.6 is 0 Å². The van der Waals surface area contributed by atoms with Gasteiger partial charge in [-0.3, -0.25) is 0 Å². The van der Waals surface area contributed by atoms with E-state index in [0.717, 1.165) is 43.6 Å². The number of hydrogen-bond donors (Lipinski definition) is 2. The molecular formula is C21H29F2N7O. The highest BCUT2D eigenvalue weighted by Gasteiger charge is 2.26. The van der Waals surface area contributed by atoms with E-state index in [0.29, 0.717) is 37.8 Å². The van der Waals surface area contributed by atoms with E-state index in [2.05, 4.69) is 20.8 Å². The van der Waals surface area contributed by atoms with Crippen LogP contribution in [-0.2, 0) is 18.3 Å². The number of benzene rings is 1.